The second-order valence-corrected chi connectivity index (χ2v) is 8.31. The molecule has 2 aliphatic rings. The van der Waals surface area contributed by atoms with Gasteiger partial charge in [-0.2, -0.15) is 0 Å². The van der Waals surface area contributed by atoms with Gasteiger partial charge >= 0.3 is 0 Å². The number of nitrogens with zero attached hydrogens (tertiary/aromatic N) is 2. The molecular formula is C23H29N3O4. The highest BCUT2D eigenvalue weighted by Crippen LogP contribution is 2.35. The van der Waals surface area contributed by atoms with Crippen molar-refractivity contribution in [3.05, 3.63) is 41.0 Å². The minimum Gasteiger partial charge on any atom is -0.336 e. The van der Waals surface area contributed by atoms with Crippen LogP contribution in [0, 0.1) is 32.6 Å². The third kappa shape index (κ3) is 4.45. The Labute approximate surface area is 177 Å². The van der Waals surface area contributed by atoms with Crippen LogP contribution in [0.25, 0.3) is 0 Å². The maximum atomic E-state index is 12.5. The molecule has 3 rings (SSSR count). The van der Waals surface area contributed by atoms with Crippen LogP contribution >= 0.6 is 0 Å². The molecule has 1 N–H and O–H groups in total. The molecule has 0 saturated carbocycles. The number of fused-ring (bicyclic) bond motifs is 1. The van der Waals surface area contributed by atoms with Gasteiger partial charge in [-0.1, -0.05) is 29.8 Å². The van der Waals surface area contributed by atoms with E-state index in [1.807, 2.05) is 45.1 Å². The Balaban J connectivity index is 1.52. The third-order valence-electron chi connectivity index (χ3n) is 5.90. The van der Waals surface area contributed by atoms with Crippen molar-refractivity contribution < 1.29 is 19.2 Å². The van der Waals surface area contributed by atoms with Crippen LogP contribution in [0.4, 0.5) is 5.69 Å². The van der Waals surface area contributed by atoms with Crippen LogP contribution in [0.15, 0.2) is 24.3 Å². The predicted molar refractivity (Wildman–Crippen MR) is 114 cm³/mol. The van der Waals surface area contributed by atoms with Crippen LogP contribution in [0.5, 0.6) is 0 Å². The van der Waals surface area contributed by atoms with Crippen molar-refractivity contribution in [1.29, 1.82) is 0 Å². The van der Waals surface area contributed by atoms with E-state index < -0.39 is 0 Å². The summed E-state index contributed by atoms with van der Waals surface area (Å²) in [4.78, 5) is 52.4. The number of carbonyl (C=O) groups is 4. The first kappa shape index (κ1) is 21.7. The zero-order valence-corrected chi connectivity index (χ0v) is 18.0. The second-order valence-electron chi connectivity index (χ2n) is 8.31. The van der Waals surface area contributed by atoms with Gasteiger partial charge in [-0.15, -0.1) is 0 Å². The molecule has 1 heterocycles. The molecular weight excluding hydrogens is 382 g/mol. The van der Waals surface area contributed by atoms with E-state index in [1.165, 1.54) is 9.80 Å². The Hall–Kier alpha value is -2.96. The first-order valence-corrected chi connectivity index (χ1v) is 10.3. The van der Waals surface area contributed by atoms with Crippen LogP contribution in [-0.2, 0) is 19.2 Å². The van der Waals surface area contributed by atoms with E-state index in [0.717, 1.165) is 22.4 Å². The number of nitrogens with one attached hydrogen (secondary N) is 1. The van der Waals surface area contributed by atoms with Gasteiger partial charge in [0.2, 0.25) is 23.6 Å². The number of likely N-dealkylation sites (tertiary alicyclic amines) is 1. The monoisotopic (exact) mass is 411 g/mol. The Morgan fingerprint density at radius 3 is 2.10 bits per heavy atom. The normalized spacial score (nSPS) is 20.3. The largest absolute Gasteiger partial charge is 0.336 e. The van der Waals surface area contributed by atoms with Crippen LogP contribution in [0.1, 0.15) is 36.0 Å². The lowest BCUT2D eigenvalue weighted by atomic mass is 9.85. The molecule has 1 aromatic carbocycles. The minimum absolute atomic E-state index is 0.0106. The van der Waals surface area contributed by atoms with Gasteiger partial charge < -0.3 is 10.2 Å². The molecule has 0 aromatic heterocycles. The summed E-state index contributed by atoms with van der Waals surface area (Å²) in [6.07, 6.45) is 5.04. The van der Waals surface area contributed by atoms with Crippen LogP contribution in [0.2, 0.25) is 0 Å². The Morgan fingerprint density at radius 2 is 1.57 bits per heavy atom. The summed E-state index contributed by atoms with van der Waals surface area (Å²) in [6.45, 7) is 5.83. The number of likely N-dealkylation sites (N-methyl/N-ethyl adjacent to an activating group) is 1. The standard InChI is InChI=1S/C23H29N3O4/c1-14-11-15(2)21(16(3)12-14)24-19(27)13-25(4)20(28)9-10-26-22(29)17-7-5-6-8-18(17)23(26)30/h5-6,11-12,17-18H,7-10,13H2,1-4H3,(H,24,27)/t17-,18+. The highest BCUT2D eigenvalue weighted by molar-refractivity contribution is 6.05. The van der Waals surface area contributed by atoms with Gasteiger partial charge in [0.25, 0.3) is 0 Å². The van der Waals surface area contributed by atoms with Gasteiger partial charge in [0.15, 0.2) is 0 Å². The number of aryl methyl sites for hydroxylation is 3. The average Bonchev–Trinajstić information content (AvgIpc) is 2.93. The number of imide groups is 1. The van der Waals surface area contributed by atoms with Gasteiger partial charge in [-0.3, -0.25) is 24.1 Å². The lowest BCUT2D eigenvalue weighted by Crippen LogP contribution is -2.38. The van der Waals surface area contributed by atoms with Crippen LogP contribution in [-0.4, -0.2) is 53.6 Å². The zero-order chi connectivity index (χ0) is 22.0. The molecule has 2 atom stereocenters. The number of rotatable bonds is 6. The molecule has 7 heteroatoms. The molecule has 0 radical (unpaired) electrons. The number of carbonyl (C=O) groups excluding carboxylic acids is 4. The zero-order valence-electron chi connectivity index (χ0n) is 18.0. The van der Waals surface area contributed by atoms with Gasteiger partial charge in [0, 0.05) is 25.7 Å². The quantitative estimate of drug-likeness (QED) is 0.575. The molecule has 160 valence electrons. The lowest BCUT2D eigenvalue weighted by molar-refractivity contribution is -0.141. The summed E-state index contributed by atoms with van der Waals surface area (Å²) in [5.74, 6) is -1.52. The maximum absolute atomic E-state index is 12.5. The number of anilines is 1. The number of amides is 4. The molecule has 1 aliphatic carbocycles. The molecule has 30 heavy (non-hydrogen) atoms. The Kier molecular flexibility index (Phi) is 6.39. The van der Waals surface area contributed by atoms with Crippen molar-refractivity contribution in [3.8, 4) is 0 Å². The summed E-state index contributed by atoms with van der Waals surface area (Å²) < 4.78 is 0. The fourth-order valence-electron chi connectivity index (χ4n) is 4.35. The highest BCUT2D eigenvalue weighted by Gasteiger charge is 2.46. The minimum atomic E-state index is -0.290. The summed E-state index contributed by atoms with van der Waals surface area (Å²) >= 11 is 0. The van der Waals surface area contributed by atoms with Crippen molar-refractivity contribution in [3.63, 3.8) is 0 Å². The number of hydrogen-bond acceptors (Lipinski definition) is 4. The van der Waals surface area contributed by atoms with Crippen molar-refractivity contribution in [2.75, 3.05) is 25.5 Å². The second kappa shape index (κ2) is 8.81. The Morgan fingerprint density at radius 1 is 1.03 bits per heavy atom. The summed E-state index contributed by atoms with van der Waals surface area (Å²) in [5, 5.41) is 2.88. The van der Waals surface area contributed by atoms with Gasteiger partial charge in [0.05, 0.1) is 18.4 Å². The van der Waals surface area contributed by atoms with Crippen molar-refractivity contribution >= 4 is 29.3 Å². The lowest BCUT2D eigenvalue weighted by Gasteiger charge is -2.20. The molecule has 1 aromatic rings. The van der Waals surface area contributed by atoms with Crippen LogP contribution in [0.3, 0.4) is 0 Å². The maximum Gasteiger partial charge on any atom is 0.243 e. The van der Waals surface area contributed by atoms with E-state index in [2.05, 4.69) is 5.32 Å². The smallest absolute Gasteiger partial charge is 0.243 e. The molecule has 0 bridgehead atoms. The van der Waals surface area contributed by atoms with E-state index in [0.29, 0.717) is 12.8 Å². The van der Waals surface area contributed by atoms with E-state index in [4.69, 9.17) is 0 Å². The van der Waals surface area contributed by atoms with Crippen molar-refractivity contribution in [2.45, 2.75) is 40.0 Å². The van der Waals surface area contributed by atoms with E-state index >= 15 is 0 Å². The van der Waals surface area contributed by atoms with E-state index in [1.54, 1.807) is 7.05 Å². The molecule has 0 unspecified atom stereocenters. The first-order chi connectivity index (χ1) is 14.2. The third-order valence-corrected chi connectivity index (χ3v) is 5.90. The first-order valence-electron chi connectivity index (χ1n) is 10.3. The molecule has 1 saturated heterocycles. The molecule has 0 spiro atoms. The SMILES string of the molecule is Cc1cc(C)c(NC(=O)CN(C)C(=O)CCN2C(=O)[C@H]3CC=CC[C@H]3C2=O)c(C)c1. The average molecular weight is 412 g/mol. The highest BCUT2D eigenvalue weighted by atomic mass is 16.2. The summed E-state index contributed by atoms with van der Waals surface area (Å²) in [7, 11) is 1.55. The molecule has 1 aliphatic heterocycles. The molecule has 4 amide bonds. The van der Waals surface area contributed by atoms with Crippen LogP contribution < -0.4 is 5.32 Å². The topological polar surface area (TPSA) is 86.8 Å². The van der Waals surface area contributed by atoms with Gasteiger partial charge in [-0.05, 0) is 44.7 Å². The van der Waals surface area contributed by atoms with E-state index in [9.17, 15) is 19.2 Å². The van der Waals surface area contributed by atoms with Gasteiger partial charge in [-0.25, -0.2) is 0 Å². The van der Waals surface area contributed by atoms with Crippen molar-refractivity contribution in [1.82, 2.24) is 9.80 Å². The fraction of sp³-hybridized carbons (Fsp3) is 0.478. The number of hydrogen-bond donors (Lipinski definition) is 1. The molecule has 7 nitrogen and oxygen atoms in total. The predicted octanol–water partition coefficient (Wildman–Crippen LogP) is 2.35. The fourth-order valence-corrected chi connectivity index (χ4v) is 4.35. The van der Waals surface area contributed by atoms with E-state index in [-0.39, 0.29) is 55.0 Å². The van der Waals surface area contributed by atoms with Crippen molar-refractivity contribution in [2.24, 2.45) is 11.8 Å². The molecule has 1 fully saturated rings. The summed E-state index contributed by atoms with van der Waals surface area (Å²) in [6, 6.07) is 3.99. The number of allylic oxidation sites excluding steroid dienone is 2. The number of benzene rings is 1. The Bertz CT molecular complexity index is 872. The summed E-state index contributed by atoms with van der Waals surface area (Å²) in [5.41, 5.74) is 3.82. The van der Waals surface area contributed by atoms with Gasteiger partial charge in [0.1, 0.15) is 0 Å².